The van der Waals surface area contributed by atoms with E-state index in [2.05, 4.69) is 10.1 Å². The highest BCUT2D eigenvalue weighted by Crippen LogP contribution is 2.43. The quantitative estimate of drug-likeness (QED) is 0.453. The molecule has 2 rings (SSSR count). The van der Waals surface area contributed by atoms with Gasteiger partial charge in [0.15, 0.2) is 5.84 Å². The van der Waals surface area contributed by atoms with Gasteiger partial charge in [-0.3, -0.25) is 0 Å². The summed E-state index contributed by atoms with van der Waals surface area (Å²) >= 11 is 23.6. The summed E-state index contributed by atoms with van der Waals surface area (Å²) in [7, 11) is 0. The predicted molar refractivity (Wildman–Crippen MR) is 67.1 cm³/mol. The average molecular weight is 298 g/mol. The Balaban J connectivity index is 2.91. The van der Waals surface area contributed by atoms with E-state index in [-0.39, 0.29) is 42.9 Å². The van der Waals surface area contributed by atoms with Gasteiger partial charge in [0.1, 0.15) is 5.84 Å². The van der Waals surface area contributed by atoms with E-state index in [0.29, 0.717) is 0 Å². The van der Waals surface area contributed by atoms with E-state index in [1.807, 2.05) is 0 Å². The summed E-state index contributed by atoms with van der Waals surface area (Å²) in [5, 5.41) is 13.5. The fourth-order valence-electron chi connectivity index (χ4n) is 1.37. The molecule has 1 aromatic rings. The molecule has 0 radical (unpaired) electrons. The van der Waals surface area contributed by atoms with Crippen molar-refractivity contribution in [1.82, 2.24) is 0 Å². The summed E-state index contributed by atoms with van der Waals surface area (Å²) in [6.45, 7) is 0. The van der Waals surface area contributed by atoms with Crippen molar-refractivity contribution in [2.45, 2.75) is 0 Å². The number of nitrogens with zero attached hydrogens (tertiary/aromatic N) is 2. The molecule has 8 heteroatoms. The lowest BCUT2D eigenvalue weighted by Crippen LogP contribution is -2.11. The molecule has 1 heterocycles. The Morgan fingerprint density at radius 1 is 0.938 bits per heavy atom. The first-order chi connectivity index (χ1) is 7.49. The Bertz CT molecular complexity index is 553. The monoisotopic (exact) mass is 296 g/mol. The van der Waals surface area contributed by atoms with Gasteiger partial charge in [-0.1, -0.05) is 46.4 Å². The van der Waals surface area contributed by atoms with Gasteiger partial charge in [-0.2, -0.15) is 0 Å². The minimum Gasteiger partial charge on any atom is -0.790 e. The first-order valence-electron chi connectivity index (χ1n) is 3.90. The molecule has 1 aliphatic rings. The molecule has 0 unspecified atom stereocenters. The maximum atomic E-state index is 10.5. The first-order valence-corrected chi connectivity index (χ1v) is 5.41. The summed E-state index contributed by atoms with van der Waals surface area (Å²) in [5.41, 5.74) is 6.09. The minimum absolute atomic E-state index is 0.0371. The third-order valence-electron chi connectivity index (χ3n) is 2.06. The van der Waals surface area contributed by atoms with Gasteiger partial charge < -0.3 is 16.1 Å². The molecule has 0 saturated carbocycles. The summed E-state index contributed by atoms with van der Waals surface area (Å²) in [6.07, 6.45) is 0. The molecular formula is C8H2Cl4N3O-. The van der Waals surface area contributed by atoms with Gasteiger partial charge >= 0.3 is 0 Å². The van der Waals surface area contributed by atoms with E-state index in [1.165, 1.54) is 0 Å². The molecule has 0 spiro atoms. The second-order valence-corrected chi connectivity index (χ2v) is 4.43. The number of rotatable bonds is 0. The van der Waals surface area contributed by atoms with Gasteiger partial charge in [0, 0.05) is 5.56 Å². The van der Waals surface area contributed by atoms with E-state index in [1.54, 1.807) is 0 Å². The van der Waals surface area contributed by atoms with Crippen LogP contribution < -0.4 is 5.73 Å². The van der Waals surface area contributed by atoms with Crippen LogP contribution in [0.25, 0.3) is 0 Å². The summed E-state index contributed by atoms with van der Waals surface area (Å²) in [6, 6.07) is 0. The van der Waals surface area contributed by atoms with Crippen LogP contribution in [0.15, 0.2) is 10.1 Å². The normalized spacial score (nSPS) is 16.5. The molecule has 1 aromatic carbocycles. The molecule has 0 aliphatic carbocycles. The predicted octanol–water partition coefficient (Wildman–Crippen LogP) is 3.26. The number of hydrogen-bond donors (Lipinski definition) is 1. The number of nitrogens with two attached hydrogens (primary N) is 1. The fourth-order valence-corrected chi connectivity index (χ4v) is 2.41. The van der Waals surface area contributed by atoms with Crippen molar-refractivity contribution >= 4 is 58.1 Å². The van der Waals surface area contributed by atoms with Gasteiger partial charge in [0.2, 0.25) is 0 Å². The molecule has 0 atom stereocenters. The Labute approximate surface area is 110 Å². The largest absolute Gasteiger partial charge is 0.790 e. The minimum atomic E-state index is -0.155. The third-order valence-corrected chi connectivity index (χ3v) is 3.86. The van der Waals surface area contributed by atoms with E-state index >= 15 is 0 Å². The van der Waals surface area contributed by atoms with Crippen LogP contribution in [0.4, 0.5) is 0 Å². The van der Waals surface area contributed by atoms with Gasteiger partial charge in [-0.15, -0.1) is 0 Å². The van der Waals surface area contributed by atoms with Crippen LogP contribution in [0, 0.1) is 5.21 Å². The van der Waals surface area contributed by atoms with Crippen molar-refractivity contribution in [1.29, 1.82) is 0 Å². The van der Waals surface area contributed by atoms with E-state index < -0.39 is 0 Å². The van der Waals surface area contributed by atoms with Crippen LogP contribution in [0.3, 0.4) is 0 Å². The lowest BCUT2D eigenvalue weighted by atomic mass is 10.1. The topological polar surface area (TPSA) is 73.8 Å². The summed E-state index contributed by atoms with van der Waals surface area (Å²) in [5.74, 6) is -0.118. The van der Waals surface area contributed by atoms with E-state index in [0.717, 1.165) is 0 Å². The Kier molecular flexibility index (Phi) is 2.92. The van der Waals surface area contributed by atoms with Crippen LogP contribution >= 0.6 is 46.4 Å². The molecule has 84 valence electrons. The zero-order valence-electron chi connectivity index (χ0n) is 7.39. The van der Waals surface area contributed by atoms with Crippen LogP contribution in [0.2, 0.25) is 20.1 Å². The van der Waals surface area contributed by atoms with Gasteiger partial charge in [-0.25, -0.2) is 4.99 Å². The Morgan fingerprint density at radius 3 is 1.94 bits per heavy atom. The first kappa shape index (κ1) is 11.8. The number of hydrogen-bond acceptors (Lipinski definition) is 3. The molecule has 16 heavy (non-hydrogen) atoms. The number of benzene rings is 1. The second kappa shape index (κ2) is 3.96. The molecule has 0 aromatic heterocycles. The maximum absolute atomic E-state index is 10.5. The van der Waals surface area contributed by atoms with Crippen molar-refractivity contribution in [3.8, 4) is 0 Å². The molecule has 0 fully saturated rings. The number of halogens is 4. The molecule has 1 aliphatic heterocycles. The molecule has 0 amide bonds. The molecule has 0 bridgehead atoms. The van der Waals surface area contributed by atoms with Crippen LogP contribution in [-0.4, -0.2) is 11.7 Å². The zero-order chi connectivity index (χ0) is 12.0. The van der Waals surface area contributed by atoms with Gasteiger partial charge in [0.05, 0.1) is 25.7 Å². The average Bonchev–Trinajstić information content (AvgIpc) is 2.60. The van der Waals surface area contributed by atoms with Crippen molar-refractivity contribution in [3.05, 3.63) is 36.4 Å². The van der Waals surface area contributed by atoms with Crippen molar-refractivity contribution < 1.29 is 0 Å². The van der Waals surface area contributed by atoms with Gasteiger partial charge in [-0.05, 0) is 0 Å². The number of amidine groups is 2. The van der Waals surface area contributed by atoms with E-state index in [9.17, 15) is 5.21 Å². The molecule has 4 nitrogen and oxygen atoms in total. The number of aliphatic imine (C=N–C) groups is 1. The van der Waals surface area contributed by atoms with Crippen molar-refractivity contribution in [2.24, 2.45) is 15.9 Å². The standard InChI is InChI=1S/C8H3Cl4N3O/c9-3-1-2(4(10)6(12)5(3)11)8(15-16)14-7(1)13/h16H,(H2,13,14,15)/p-1. The highest BCUT2D eigenvalue weighted by Gasteiger charge is 2.29. The fraction of sp³-hybridized carbons (Fsp3) is 0. The van der Waals surface area contributed by atoms with Crippen molar-refractivity contribution in [3.63, 3.8) is 0 Å². The highest BCUT2D eigenvalue weighted by atomic mass is 35.5. The molecular weight excluding hydrogens is 296 g/mol. The molecule has 2 N–H and O–H groups in total. The second-order valence-electron chi connectivity index (χ2n) is 2.92. The molecule has 0 saturated heterocycles. The van der Waals surface area contributed by atoms with Gasteiger partial charge in [0.25, 0.3) is 0 Å². The van der Waals surface area contributed by atoms with E-state index in [4.69, 9.17) is 52.1 Å². The van der Waals surface area contributed by atoms with Crippen LogP contribution in [0.1, 0.15) is 11.1 Å². The summed E-state index contributed by atoms with van der Waals surface area (Å²) in [4.78, 5) is 3.72. The van der Waals surface area contributed by atoms with Crippen molar-refractivity contribution in [2.75, 3.05) is 0 Å². The number of fused-ring (bicyclic) bond motifs is 1. The SMILES string of the molecule is NC1=N/C(=N\[O-])c2c(Cl)c(Cl)c(Cl)c(Cl)c21. The third kappa shape index (κ3) is 1.45. The zero-order valence-corrected chi connectivity index (χ0v) is 10.4. The smallest absolute Gasteiger partial charge is 0.154 e. The van der Waals surface area contributed by atoms with Crippen LogP contribution in [-0.2, 0) is 0 Å². The highest BCUT2D eigenvalue weighted by molar-refractivity contribution is 6.55. The summed E-state index contributed by atoms with van der Waals surface area (Å²) < 4.78 is 0. The lowest BCUT2D eigenvalue weighted by Gasteiger charge is -2.10. The Morgan fingerprint density at radius 2 is 1.44 bits per heavy atom. The lowest BCUT2D eigenvalue weighted by molar-refractivity contribution is 1.51. The maximum Gasteiger partial charge on any atom is 0.154 e. The Hall–Kier alpha value is -0.680. The van der Waals surface area contributed by atoms with Crippen LogP contribution in [0.5, 0.6) is 0 Å².